The lowest BCUT2D eigenvalue weighted by Crippen LogP contribution is -2.50. The van der Waals surface area contributed by atoms with Gasteiger partial charge in [0.15, 0.2) is 23.0 Å². The number of Topliss-reactive ketones (excluding diaryl/α,β-unsaturated/α-hetero) is 1. The summed E-state index contributed by atoms with van der Waals surface area (Å²) in [5, 5.41) is 62.1. The van der Waals surface area contributed by atoms with Crippen molar-refractivity contribution in [3.63, 3.8) is 0 Å². The van der Waals surface area contributed by atoms with Crippen molar-refractivity contribution in [3.05, 3.63) is 125 Å². The van der Waals surface area contributed by atoms with Crippen LogP contribution in [0.15, 0.2) is 91.3 Å². The van der Waals surface area contributed by atoms with E-state index in [0.29, 0.717) is 74.8 Å². The molecule has 1 aliphatic carbocycles. The van der Waals surface area contributed by atoms with E-state index in [9.17, 15) is 25.5 Å². The third kappa shape index (κ3) is 9.14. The number of hydrogen-bond donors (Lipinski definition) is 7. The Bertz CT molecular complexity index is 2680. The van der Waals surface area contributed by atoms with Gasteiger partial charge in [-0.2, -0.15) is 0 Å². The first kappa shape index (κ1) is 45.0. The minimum Gasteiger partial charge on any atom is -0.508 e. The third-order valence-electron chi connectivity index (χ3n) is 14.7. The van der Waals surface area contributed by atoms with Crippen LogP contribution < -0.4 is 14.8 Å². The van der Waals surface area contributed by atoms with Crippen LogP contribution >= 0.6 is 0 Å². The van der Waals surface area contributed by atoms with Gasteiger partial charge < -0.3 is 45.3 Å². The highest BCUT2D eigenvalue weighted by atomic mass is 16.5. The van der Waals surface area contributed by atoms with Crippen molar-refractivity contribution in [1.82, 2.24) is 9.97 Å². The zero-order valence-corrected chi connectivity index (χ0v) is 38.1. The molecule has 1 fully saturated rings. The van der Waals surface area contributed by atoms with Gasteiger partial charge in [-0.25, -0.2) is 4.98 Å². The third-order valence-corrected chi connectivity index (χ3v) is 14.7. The molecular formula is C55H63N3O8. The predicted molar refractivity (Wildman–Crippen MR) is 256 cm³/mol. The summed E-state index contributed by atoms with van der Waals surface area (Å²) in [6.07, 6.45) is 10.9. The molecule has 6 aromatic rings. The van der Waals surface area contributed by atoms with E-state index in [1.54, 1.807) is 30.3 Å². The van der Waals surface area contributed by atoms with Crippen molar-refractivity contribution < 1.29 is 39.8 Å². The van der Waals surface area contributed by atoms with E-state index >= 15 is 4.79 Å². The van der Waals surface area contributed by atoms with E-state index in [1.807, 2.05) is 48.8 Å². The maximum absolute atomic E-state index is 16.0. The maximum atomic E-state index is 16.0. The molecule has 5 atom stereocenters. The number of rotatable bonds is 12. The van der Waals surface area contributed by atoms with Gasteiger partial charge in [0.25, 0.3) is 0 Å². The van der Waals surface area contributed by atoms with Gasteiger partial charge in [-0.3, -0.25) is 4.79 Å². The number of aliphatic hydroxyl groups excluding tert-OH is 1. The Morgan fingerprint density at radius 3 is 2.62 bits per heavy atom. The average molecular weight is 894 g/mol. The van der Waals surface area contributed by atoms with Gasteiger partial charge in [0.05, 0.1) is 25.2 Å². The number of aromatic hydroxyl groups is 4. The number of phenolic OH excluding ortho intramolecular Hbond substituents is 4. The van der Waals surface area contributed by atoms with Crippen molar-refractivity contribution in [3.8, 4) is 34.5 Å². The number of benzene rings is 4. The number of aromatic nitrogens is 2. The number of anilines is 2. The van der Waals surface area contributed by atoms with Crippen molar-refractivity contribution in [2.45, 2.75) is 115 Å². The highest BCUT2D eigenvalue weighted by molar-refractivity contribution is 5.92. The van der Waals surface area contributed by atoms with E-state index < -0.39 is 23.4 Å². The highest BCUT2D eigenvalue weighted by Crippen LogP contribution is 2.55. The predicted octanol–water partition coefficient (Wildman–Crippen LogP) is 10.8. The number of carbonyl (C=O) groups excluding carboxylic acids is 1. The standard InChI is InChI=1S/C55H63N3O8/c1-33(2)7-5-25-65-50-30-37(29-49(63)53(50)64)35-11-16-44-42-17-15-41(59)27-36(42)12-18-45(44)58-51-32-39(21-24-57-51)55(22-3-8-38(55)31-40-9-4-23-56-40)52(48(62)28-35)46(60)19-13-34-14-20-47(61)54-43(34)10-6-26-66-54/h4,9,12,14-15,17-18,20-21,23-24,27,29-30,32-33,35,38,46,52,56,59-61,63-64H,3,5-8,10-11,13,16,19,22,25-26,28,31H2,1-2H3,(H,57,58). The first-order valence-electron chi connectivity index (χ1n) is 23.9. The number of carbonyl (C=O) groups is 1. The second kappa shape index (κ2) is 19.3. The molecule has 9 rings (SSSR count). The number of hydrogen-bond acceptors (Lipinski definition) is 10. The summed E-state index contributed by atoms with van der Waals surface area (Å²) in [4.78, 5) is 24.3. The van der Waals surface area contributed by atoms with Gasteiger partial charge in [-0.15, -0.1) is 0 Å². The molecule has 5 unspecified atom stereocenters. The summed E-state index contributed by atoms with van der Waals surface area (Å²) in [5.74, 6) is 0.0571. The normalized spacial score (nSPS) is 21.3. The number of pyridine rings is 1. The smallest absolute Gasteiger partial charge is 0.200 e. The number of H-pyrrole nitrogens is 1. The summed E-state index contributed by atoms with van der Waals surface area (Å²) in [6.45, 7) is 5.19. The van der Waals surface area contributed by atoms with Gasteiger partial charge in [-0.1, -0.05) is 38.5 Å². The van der Waals surface area contributed by atoms with E-state index in [1.165, 1.54) is 0 Å². The number of ether oxygens (including phenoxy) is 2. The first-order valence-corrected chi connectivity index (χ1v) is 23.9. The molecule has 66 heavy (non-hydrogen) atoms. The molecule has 11 heteroatoms. The molecule has 2 aliphatic heterocycles. The number of aryl methyl sites for hydroxylation is 2. The molecule has 346 valence electrons. The van der Waals surface area contributed by atoms with Crippen molar-refractivity contribution in [2.75, 3.05) is 18.5 Å². The molecule has 4 aromatic carbocycles. The second-order valence-corrected chi connectivity index (χ2v) is 19.3. The fraction of sp³-hybridized carbons (Fsp3) is 0.418. The fourth-order valence-electron chi connectivity index (χ4n) is 11.6. The molecule has 1 spiro atoms. The van der Waals surface area contributed by atoms with Crippen molar-refractivity contribution >= 4 is 28.1 Å². The van der Waals surface area contributed by atoms with E-state index in [4.69, 9.17) is 14.5 Å². The molecular weight excluding hydrogens is 831 g/mol. The lowest BCUT2D eigenvalue weighted by molar-refractivity contribution is -0.132. The van der Waals surface area contributed by atoms with Crippen LogP contribution in [0.1, 0.15) is 111 Å². The van der Waals surface area contributed by atoms with Crippen LogP contribution in [0.2, 0.25) is 0 Å². The van der Waals surface area contributed by atoms with Crippen LogP contribution in [0.5, 0.6) is 34.5 Å². The molecule has 2 bridgehead atoms. The molecule has 3 aliphatic rings. The van der Waals surface area contributed by atoms with E-state index in [2.05, 4.69) is 36.3 Å². The molecule has 7 N–H and O–H groups in total. The number of aliphatic hydroxyl groups is 1. The van der Waals surface area contributed by atoms with Crippen LogP contribution in [0.4, 0.5) is 11.5 Å². The summed E-state index contributed by atoms with van der Waals surface area (Å²) in [5.41, 5.74) is 5.68. The quantitative estimate of drug-likeness (QED) is 0.0462. The molecule has 0 radical (unpaired) electrons. The summed E-state index contributed by atoms with van der Waals surface area (Å²) in [7, 11) is 0. The van der Waals surface area contributed by atoms with Gasteiger partial charge in [-0.05, 0) is 182 Å². The first-order chi connectivity index (χ1) is 32.0. The molecule has 4 heterocycles. The van der Waals surface area contributed by atoms with Crippen LogP contribution in [0.25, 0.3) is 10.8 Å². The summed E-state index contributed by atoms with van der Waals surface area (Å²) >= 11 is 0. The second-order valence-electron chi connectivity index (χ2n) is 19.3. The Hall–Kier alpha value is -6.20. The number of nitrogens with zero attached hydrogens (tertiary/aromatic N) is 1. The Morgan fingerprint density at radius 2 is 1.79 bits per heavy atom. The topological polar surface area (TPSA) is 177 Å². The zero-order chi connectivity index (χ0) is 46.0. The minimum atomic E-state index is -1.05. The van der Waals surface area contributed by atoms with Crippen molar-refractivity contribution in [2.24, 2.45) is 17.8 Å². The summed E-state index contributed by atoms with van der Waals surface area (Å²) in [6, 6.07) is 24.5. The van der Waals surface area contributed by atoms with Gasteiger partial charge in [0.2, 0.25) is 5.75 Å². The number of nitrogens with one attached hydrogen (secondary N) is 2. The molecule has 11 nitrogen and oxygen atoms in total. The molecule has 0 amide bonds. The van der Waals surface area contributed by atoms with Crippen molar-refractivity contribution in [1.29, 1.82) is 0 Å². The fourth-order valence-corrected chi connectivity index (χ4v) is 11.6. The lowest BCUT2D eigenvalue weighted by atomic mass is 9.58. The SMILES string of the molecule is CC(C)CCCOc1cc(C2CCc3c(ccc4cc(O)ccc34)Nc3cc(ccn3)C3(CCCC3Cc3ccc[nH]3)C(C(O)CCc3ccc(O)c4c3CCCO4)C(=O)C2)cc(O)c1O. The lowest BCUT2D eigenvalue weighted by Gasteiger charge is -2.45. The van der Waals surface area contributed by atoms with E-state index in [-0.39, 0.29) is 46.9 Å². The van der Waals surface area contributed by atoms with Gasteiger partial charge in [0, 0.05) is 41.2 Å². The van der Waals surface area contributed by atoms with Gasteiger partial charge >= 0.3 is 0 Å². The van der Waals surface area contributed by atoms with Crippen LogP contribution in [0, 0.1) is 17.8 Å². The largest absolute Gasteiger partial charge is 0.508 e. The summed E-state index contributed by atoms with van der Waals surface area (Å²) < 4.78 is 12.1. The average Bonchev–Trinajstić information content (AvgIpc) is 3.99. The maximum Gasteiger partial charge on any atom is 0.200 e. The van der Waals surface area contributed by atoms with Crippen LogP contribution in [0.3, 0.4) is 0 Å². The number of aromatic amines is 1. The number of phenols is 4. The monoisotopic (exact) mass is 893 g/mol. The number of ketones is 1. The Kier molecular flexibility index (Phi) is 13.2. The molecule has 0 saturated heterocycles. The molecule has 2 aromatic heterocycles. The molecule has 1 saturated carbocycles. The van der Waals surface area contributed by atoms with Crippen LogP contribution in [-0.4, -0.2) is 60.6 Å². The van der Waals surface area contributed by atoms with Gasteiger partial charge in [0.1, 0.15) is 17.4 Å². The Labute approximate surface area is 386 Å². The minimum absolute atomic E-state index is 0.0131. The Morgan fingerprint density at radius 1 is 0.909 bits per heavy atom. The van der Waals surface area contributed by atoms with Crippen LogP contribution in [-0.2, 0) is 35.9 Å². The number of fused-ring (bicyclic) bond motifs is 7. The van der Waals surface area contributed by atoms with E-state index in [0.717, 1.165) is 82.9 Å². The Balaban J connectivity index is 1.19. The zero-order valence-electron chi connectivity index (χ0n) is 38.1. The highest BCUT2D eigenvalue weighted by Gasteiger charge is 2.54.